The minimum atomic E-state index is -2.13. The van der Waals surface area contributed by atoms with Gasteiger partial charge in [-0.15, -0.1) is 13.2 Å². The first-order valence-corrected chi connectivity index (χ1v) is 3.74. The first-order valence-electron chi connectivity index (χ1n) is 2.52. The van der Waals surface area contributed by atoms with E-state index in [0.29, 0.717) is 6.61 Å². The highest BCUT2D eigenvalue weighted by Crippen LogP contribution is 1.71. The van der Waals surface area contributed by atoms with Crippen molar-refractivity contribution >= 4 is 9.17 Å². The highest BCUT2D eigenvalue weighted by atomic mass is 28.3. The predicted molar refractivity (Wildman–Crippen MR) is 36.3 cm³/mol. The van der Waals surface area contributed by atoms with Crippen LogP contribution in [-0.4, -0.2) is 22.9 Å². The molecule has 3 nitrogen and oxygen atoms in total. The number of hydrogen-bond donors (Lipinski definition) is 0. The molecule has 0 heterocycles. The molecule has 0 aliphatic carbocycles. The molecule has 0 aromatic carbocycles. The van der Waals surface area contributed by atoms with Gasteiger partial charge in [0.15, 0.2) is 0 Å². The molecule has 0 aromatic rings. The molecule has 0 aliphatic rings. The number of rotatable bonds is 3. The van der Waals surface area contributed by atoms with Crippen LogP contribution in [0.1, 0.15) is 6.92 Å². The third-order valence-electron chi connectivity index (χ3n) is 0.429. The molecule has 0 radical (unpaired) electrons. The van der Waals surface area contributed by atoms with Crippen molar-refractivity contribution in [1.29, 1.82) is 0 Å². The van der Waals surface area contributed by atoms with Crippen LogP contribution >= 0.6 is 0 Å². The zero-order valence-electron chi connectivity index (χ0n) is 5.85. The Balaban J connectivity index is 0. The van der Waals surface area contributed by atoms with Crippen LogP contribution in [0.4, 0.5) is 0 Å². The Morgan fingerprint density at radius 2 is 2.00 bits per heavy atom. The lowest BCUT2D eigenvalue weighted by atomic mass is 10.9. The molecule has 0 aliphatic heterocycles. The second-order valence-electron chi connectivity index (χ2n) is 0.887. The van der Waals surface area contributed by atoms with Gasteiger partial charge in [-0.25, -0.2) is 0 Å². The maximum Gasteiger partial charge on any atom is 0.767 e. The van der Waals surface area contributed by atoms with Crippen molar-refractivity contribution in [3.05, 3.63) is 13.2 Å². The quantitative estimate of drug-likeness (QED) is 0.440. The molecule has 0 amide bonds. The molecule has 0 N–H and O–H groups in total. The Hall–Kier alpha value is -0.643. The summed E-state index contributed by atoms with van der Waals surface area (Å²) in [6.07, 6.45) is 0. The van der Waals surface area contributed by atoms with Gasteiger partial charge in [-0.2, -0.15) is 0 Å². The molecule has 0 aromatic heterocycles. The third kappa shape index (κ3) is 11.1. The Morgan fingerprint density at radius 3 is 2.11 bits per heavy atom. The molecule has 0 spiro atoms. The van der Waals surface area contributed by atoms with E-state index < -0.39 is 9.17 Å². The van der Waals surface area contributed by atoms with E-state index in [9.17, 15) is 4.46 Å². The fraction of sp³-hybridized carbons (Fsp3) is 0.600. The molecule has 0 bridgehead atoms. The number of hydrogen-bond acceptors (Lipinski definition) is 3. The zero-order chi connectivity index (χ0) is 7.70. The van der Waals surface area contributed by atoms with E-state index in [0.717, 1.165) is 0 Å². The van der Waals surface area contributed by atoms with Crippen molar-refractivity contribution in [2.45, 2.75) is 6.92 Å². The van der Waals surface area contributed by atoms with E-state index in [1.54, 1.807) is 6.92 Å². The van der Waals surface area contributed by atoms with Crippen LogP contribution in [0.3, 0.4) is 0 Å². The third-order valence-corrected chi connectivity index (χ3v) is 1.29. The molecule has 0 fully saturated rings. The van der Waals surface area contributed by atoms with Gasteiger partial charge in [0, 0.05) is 0 Å². The van der Waals surface area contributed by atoms with E-state index in [2.05, 4.69) is 22.0 Å². The molecule has 0 atom stereocenters. The highest BCUT2D eigenvalue weighted by Gasteiger charge is 2.03. The van der Waals surface area contributed by atoms with Gasteiger partial charge in [0.25, 0.3) is 0 Å². The van der Waals surface area contributed by atoms with Crippen LogP contribution in [0, 0.1) is 0 Å². The Morgan fingerprint density at radius 1 is 1.56 bits per heavy atom. The van der Waals surface area contributed by atoms with Gasteiger partial charge in [0.1, 0.15) is 0 Å². The Bertz CT molecular complexity index is 74.6. The van der Waals surface area contributed by atoms with E-state index in [4.69, 9.17) is 0 Å². The molecule has 0 unspecified atom stereocenters. The molecule has 0 rings (SSSR count). The van der Waals surface area contributed by atoms with Gasteiger partial charge >= 0.3 is 9.17 Å². The minimum absolute atomic E-state index is 0.450. The molecule has 4 heteroatoms. The highest BCUT2D eigenvalue weighted by molar-refractivity contribution is 6.25. The average Bonchev–Trinajstić information content (AvgIpc) is 1.93. The molecule has 9 heavy (non-hydrogen) atoms. The predicted octanol–water partition coefficient (Wildman–Crippen LogP) is 0.887. The smallest absolute Gasteiger partial charge is 0.499 e. The topological polar surface area (TPSA) is 35.5 Å². The van der Waals surface area contributed by atoms with Crippen molar-refractivity contribution in [1.82, 2.24) is 0 Å². The summed E-state index contributed by atoms with van der Waals surface area (Å²) >= 11 is 0. The fourth-order valence-corrected chi connectivity index (χ4v) is 0.530. The van der Waals surface area contributed by atoms with Crippen molar-refractivity contribution < 1.29 is 13.3 Å². The molecule has 0 saturated carbocycles. The summed E-state index contributed by atoms with van der Waals surface area (Å²) in [7, 11) is -0.772. The zero-order valence-corrected chi connectivity index (χ0v) is 6.85. The summed E-state index contributed by atoms with van der Waals surface area (Å²) in [6.45, 7) is 8.22. The molecule has 0 saturated heterocycles. The van der Waals surface area contributed by atoms with Gasteiger partial charge in [-0.05, 0) is 6.92 Å². The van der Waals surface area contributed by atoms with Crippen LogP contribution in [0.2, 0.25) is 0 Å². The average molecular weight is 148 g/mol. The van der Waals surface area contributed by atoms with Crippen LogP contribution in [0.15, 0.2) is 13.2 Å². The van der Waals surface area contributed by atoms with Gasteiger partial charge in [-0.3, -0.25) is 4.46 Å². The lowest BCUT2D eigenvalue weighted by Gasteiger charge is -1.93. The maximum absolute atomic E-state index is 10.2. The van der Waals surface area contributed by atoms with E-state index >= 15 is 0 Å². The fourth-order valence-electron chi connectivity index (χ4n) is 0.177. The lowest BCUT2D eigenvalue weighted by Crippen LogP contribution is -2.08. The first kappa shape index (κ1) is 11.2. The molecular formula is C5H12O3Si. The van der Waals surface area contributed by atoms with Gasteiger partial charge in [0.2, 0.25) is 0 Å². The van der Waals surface area contributed by atoms with Crippen molar-refractivity contribution in [2.24, 2.45) is 0 Å². The van der Waals surface area contributed by atoms with Gasteiger partial charge in [0.05, 0.1) is 13.7 Å². The largest absolute Gasteiger partial charge is 0.767 e. The standard InChI is InChI=1S/C3H8O3Si.C2H4/c1-3-6-7(4)5-2;1-2/h3H2,1-2H3;1-2H2. The van der Waals surface area contributed by atoms with Crippen LogP contribution < -0.4 is 0 Å². The van der Waals surface area contributed by atoms with Gasteiger partial charge in [-0.1, -0.05) is 0 Å². The van der Waals surface area contributed by atoms with Crippen molar-refractivity contribution in [2.75, 3.05) is 13.7 Å². The summed E-state index contributed by atoms with van der Waals surface area (Å²) in [5.74, 6) is 0. The normalized spacial score (nSPS) is 6.44. The molecule has 54 valence electrons. The monoisotopic (exact) mass is 148 g/mol. The summed E-state index contributed by atoms with van der Waals surface area (Å²) in [6, 6.07) is 0. The van der Waals surface area contributed by atoms with E-state index in [1.165, 1.54) is 7.11 Å². The van der Waals surface area contributed by atoms with Gasteiger partial charge < -0.3 is 8.85 Å². The summed E-state index contributed by atoms with van der Waals surface area (Å²) < 4.78 is 19.0. The van der Waals surface area contributed by atoms with Crippen LogP contribution in [0.25, 0.3) is 0 Å². The summed E-state index contributed by atoms with van der Waals surface area (Å²) in [5, 5.41) is 0. The summed E-state index contributed by atoms with van der Waals surface area (Å²) in [5.41, 5.74) is 0. The SMILES string of the molecule is C=C.CCO[Si](=O)OC. The second kappa shape index (κ2) is 10.4. The molecular weight excluding hydrogens is 136 g/mol. The van der Waals surface area contributed by atoms with E-state index in [1.807, 2.05) is 0 Å². The Labute approximate surface area is 57.2 Å². The maximum atomic E-state index is 10.2. The van der Waals surface area contributed by atoms with Crippen molar-refractivity contribution in [3.63, 3.8) is 0 Å². The first-order chi connectivity index (χ1) is 4.31. The van der Waals surface area contributed by atoms with Crippen LogP contribution in [-0.2, 0) is 13.3 Å². The lowest BCUT2D eigenvalue weighted by molar-refractivity contribution is 0.206. The van der Waals surface area contributed by atoms with Crippen LogP contribution in [0.5, 0.6) is 0 Å². The minimum Gasteiger partial charge on any atom is -0.499 e. The van der Waals surface area contributed by atoms with Crippen molar-refractivity contribution in [3.8, 4) is 0 Å². The second-order valence-corrected chi connectivity index (χ2v) is 2.08. The Kier molecular flexibility index (Phi) is 12.9. The summed E-state index contributed by atoms with van der Waals surface area (Å²) in [4.78, 5) is 0. The van der Waals surface area contributed by atoms with E-state index in [-0.39, 0.29) is 0 Å².